The molecule has 0 aliphatic carbocycles. The normalized spacial score (nSPS) is 10.9. The van der Waals surface area contributed by atoms with E-state index in [9.17, 15) is 4.79 Å². The highest BCUT2D eigenvalue weighted by atomic mass is 32.1. The molecule has 0 atom stereocenters. The van der Waals surface area contributed by atoms with E-state index in [1.807, 2.05) is 19.9 Å². The van der Waals surface area contributed by atoms with Crippen molar-refractivity contribution in [2.75, 3.05) is 12.4 Å². The Bertz CT molecular complexity index is 837. The lowest BCUT2D eigenvalue weighted by Crippen LogP contribution is -2.12. The van der Waals surface area contributed by atoms with E-state index in [1.165, 1.54) is 22.7 Å². The number of aromatic nitrogens is 5. The number of carbonyl (C=O) groups is 1. The van der Waals surface area contributed by atoms with Gasteiger partial charge >= 0.3 is 0 Å². The largest absolute Gasteiger partial charge is 0.377 e. The van der Waals surface area contributed by atoms with E-state index < -0.39 is 0 Å². The third-order valence-corrected chi connectivity index (χ3v) is 4.50. The molecule has 3 aromatic rings. The molecule has 0 radical (unpaired) electrons. The Kier molecular flexibility index (Phi) is 4.46. The van der Waals surface area contributed by atoms with Crippen LogP contribution in [0.3, 0.4) is 0 Å². The molecule has 3 heterocycles. The Morgan fingerprint density at radius 3 is 2.91 bits per heavy atom. The summed E-state index contributed by atoms with van der Waals surface area (Å²) >= 11 is 2.63. The van der Waals surface area contributed by atoms with Crippen molar-refractivity contribution >= 4 is 33.7 Å². The molecule has 0 aliphatic heterocycles. The summed E-state index contributed by atoms with van der Waals surface area (Å²) in [5.41, 5.74) is 2.20. The van der Waals surface area contributed by atoms with Gasteiger partial charge in [-0.1, -0.05) is 11.3 Å². The number of nitrogens with one attached hydrogen (secondary N) is 1. The van der Waals surface area contributed by atoms with Gasteiger partial charge in [-0.15, -0.1) is 21.5 Å². The van der Waals surface area contributed by atoms with Gasteiger partial charge in [0.25, 0.3) is 5.91 Å². The molecule has 0 saturated heterocycles. The topological polar surface area (TPSA) is 94.8 Å². The van der Waals surface area contributed by atoms with Crippen LogP contribution in [0.15, 0.2) is 11.4 Å². The predicted octanol–water partition coefficient (Wildman–Crippen LogP) is 2.20. The highest BCUT2D eigenvalue weighted by molar-refractivity contribution is 7.15. The standard InChI is InChI=1S/C13H14N6O2S2/c1-7-4-8(2)19(18-7)13-14-9(6-22-13)11(20)15-12-17-16-10(23-12)5-21-3/h4,6H,5H2,1-3H3,(H,15,17,20). The molecule has 3 aromatic heterocycles. The molecule has 0 bridgehead atoms. The van der Waals surface area contributed by atoms with Crippen LogP contribution in [0.2, 0.25) is 0 Å². The van der Waals surface area contributed by atoms with Crippen LogP contribution in [0.1, 0.15) is 26.9 Å². The van der Waals surface area contributed by atoms with E-state index in [2.05, 4.69) is 25.6 Å². The zero-order valence-corrected chi connectivity index (χ0v) is 14.4. The van der Waals surface area contributed by atoms with Crippen LogP contribution in [-0.2, 0) is 11.3 Å². The smallest absolute Gasteiger partial charge is 0.277 e. The van der Waals surface area contributed by atoms with Crippen molar-refractivity contribution in [2.24, 2.45) is 0 Å². The lowest BCUT2D eigenvalue weighted by molar-refractivity contribution is 0.102. The van der Waals surface area contributed by atoms with Crippen LogP contribution in [-0.4, -0.2) is 38.0 Å². The summed E-state index contributed by atoms with van der Waals surface area (Å²) in [5, 5.41) is 18.3. The average Bonchev–Trinajstić information content (AvgIpc) is 3.20. The minimum Gasteiger partial charge on any atom is -0.377 e. The first kappa shape index (κ1) is 15.7. The van der Waals surface area contributed by atoms with E-state index in [1.54, 1.807) is 17.2 Å². The number of nitrogens with zero attached hydrogens (tertiary/aromatic N) is 5. The number of aryl methyl sites for hydroxylation is 2. The summed E-state index contributed by atoms with van der Waals surface area (Å²) in [4.78, 5) is 16.6. The fourth-order valence-electron chi connectivity index (χ4n) is 1.94. The maximum Gasteiger partial charge on any atom is 0.277 e. The fourth-order valence-corrected chi connectivity index (χ4v) is 3.45. The summed E-state index contributed by atoms with van der Waals surface area (Å²) in [5.74, 6) is -0.325. The van der Waals surface area contributed by atoms with E-state index in [4.69, 9.17) is 4.74 Å². The van der Waals surface area contributed by atoms with E-state index in [0.717, 1.165) is 11.4 Å². The molecule has 0 fully saturated rings. The zero-order valence-electron chi connectivity index (χ0n) is 12.7. The molecule has 0 spiro atoms. The number of hydrogen-bond acceptors (Lipinski definition) is 8. The van der Waals surface area contributed by atoms with Gasteiger partial charge in [-0.05, 0) is 19.9 Å². The van der Waals surface area contributed by atoms with Gasteiger partial charge in [0, 0.05) is 18.2 Å². The van der Waals surface area contributed by atoms with E-state index in [0.29, 0.717) is 27.6 Å². The third kappa shape index (κ3) is 3.44. The summed E-state index contributed by atoms with van der Waals surface area (Å²) in [7, 11) is 1.58. The van der Waals surface area contributed by atoms with Gasteiger partial charge in [-0.3, -0.25) is 10.1 Å². The van der Waals surface area contributed by atoms with Crippen LogP contribution in [0, 0.1) is 13.8 Å². The van der Waals surface area contributed by atoms with Crippen molar-refractivity contribution in [3.05, 3.63) is 33.5 Å². The Labute approximate surface area is 140 Å². The van der Waals surface area contributed by atoms with E-state index >= 15 is 0 Å². The molecule has 1 amide bonds. The molecule has 0 aliphatic rings. The molecule has 0 saturated carbocycles. The highest BCUT2D eigenvalue weighted by Crippen LogP contribution is 2.20. The predicted molar refractivity (Wildman–Crippen MR) is 87.3 cm³/mol. The molecule has 3 rings (SSSR count). The Morgan fingerprint density at radius 2 is 2.22 bits per heavy atom. The first-order chi connectivity index (χ1) is 11.1. The van der Waals surface area contributed by atoms with Gasteiger partial charge in [0.1, 0.15) is 17.3 Å². The minimum atomic E-state index is -0.325. The van der Waals surface area contributed by atoms with Gasteiger partial charge in [0.2, 0.25) is 10.3 Å². The Morgan fingerprint density at radius 1 is 1.39 bits per heavy atom. The van der Waals surface area contributed by atoms with Gasteiger partial charge in [0.05, 0.1) is 5.69 Å². The molecule has 23 heavy (non-hydrogen) atoms. The maximum atomic E-state index is 12.2. The molecule has 0 aromatic carbocycles. The van der Waals surface area contributed by atoms with Crippen molar-refractivity contribution in [3.63, 3.8) is 0 Å². The molecular formula is C13H14N6O2S2. The summed E-state index contributed by atoms with van der Waals surface area (Å²) in [6.07, 6.45) is 0. The molecule has 1 N–H and O–H groups in total. The van der Waals surface area contributed by atoms with Crippen molar-refractivity contribution in [2.45, 2.75) is 20.5 Å². The molecular weight excluding hydrogens is 336 g/mol. The van der Waals surface area contributed by atoms with Crippen molar-refractivity contribution in [3.8, 4) is 5.13 Å². The number of ether oxygens (including phenoxy) is 1. The van der Waals surface area contributed by atoms with Crippen molar-refractivity contribution in [1.82, 2.24) is 25.0 Å². The van der Waals surface area contributed by atoms with Crippen LogP contribution in [0.5, 0.6) is 0 Å². The van der Waals surface area contributed by atoms with Crippen LogP contribution < -0.4 is 5.32 Å². The second kappa shape index (κ2) is 6.52. The SMILES string of the molecule is COCc1nnc(NC(=O)c2csc(-n3nc(C)cc3C)n2)s1. The summed E-state index contributed by atoms with van der Waals surface area (Å²) in [6, 6.07) is 1.96. The number of thiazole rings is 1. The monoisotopic (exact) mass is 350 g/mol. The van der Waals surface area contributed by atoms with Crippen molar-refractivity contribution in [1.29, 1.82) is 0 Å². The van der Waals surface area contributed by atoms with Gasteiger partial charge in [-0.25, -0.2) is 9.67 Å². The number of amides is 1. The number of hydrogen-bond donors (Lipinski definition) is 1. The molecule has 10 heteroatoms. The number of rotatable bonds is 5. The van der Waals surface area contributed by atoms with Gasteiger partial charge < -0.3 is 4.74 Å². The second-order valence-corrected chi connectivity index (χ2v) is 6.64. The first-order valence-electron chi connectivity index (χ1n) is 6.68. The zero-order chi connectivity index (χ0) is 16.4. The fraction of sp³-hybridized carbons (Fsp3) is 0.308. The Hall–Kier alpha value is -2.17. The quantitative estimate of drug-likeness (QED) is 0.758. The maximum absolute atomic E-state index is 12.2. The number of methoxy groups -OCH3 is 1. The van der Waals surface area contributed by atoms with E-state index in [-0.39, 0.29) is 5.91 Å². The number of carbonyl (C=O) groups excluding carboxylic acids is 1. The van der Waals surface area contributed by atoms with Crippen LogP contribution in [0.25, 0.3) is 5.13 Å². The lowest BCUT2D eigenvalue weighted by Gasteiger charge is -1.98. The average molecular weight is 350 g/mol. The Balaban J connectivity index is 1.74. The summed E-state index contributed by atoms with van der Waals surface area (Å²) in [6.45, 7) is 4.23. The van der Waals surface area contributed by atoms with Gasteiger partial charge in [0.15, 0.2) is 0 Å². The second-order valence-electron chi connectivity index (χ2n) is 4.74. The third-order valence-electron chi connectivity index (χ3n) is 2.87. The van der Waals surface area contributed by atoms with Crippen molar-refractivity contribution < 1.29 is 9.53 Å². The first-order valence-corrected chi connectivity index (χ1v) is 8.38. The van der Waals surface area contributed by atoms with Crippen LogP contribution in [0.4, 0.5) is 5.13 Å². The highest BCUT2D eigenvalue weighted by Gasteiger charge is 2.15. The molecule has 120 valence electrons. The molecule has 0 unspecified atom stereocenters. The lowest BCUT2D eigenvalue weighted by atomic mass is 10.4. The minimum absolute atomic E-state index is 0.320. The number of anilines is 1. The van der Waals surface area contributed by atoms with Crippen LogP contribution >= 0.6 is 22.7 Å². The molecule has 8 nitrogen and oxygen atoms in total. The van der Waals surface area contributed by atoms with Gasteiger partial charge in [-0.2, -0.15) is 5.10 Å². The summed E-state index contributed by atoms with van der Waals surface area (Å²) < 4.78 is 6.69.